The van der Waals surface area contributed by atoms with Gasteiger partial charge in [-0.05, 0) is 80.3 Å². The van der Waals surface area contributed by atoms with Crippen LogP contribution < -0.4 is 10.2 Å². The van der Waals surface area contributed by atoms with Crippen LogP contribution >= 0.6 is 15.9 Å². The van der Waals surface area contributed by atoms with Crippen molar-refractivity contribution in [2.45, 2.75) is 32.8 Å². The molecule has 3 aromatic carbocycles. The van der Waals surface area contributed by atoms with Gasteiger partial charge in [0.2, 0.25) is 0 Å². The molecule has 0 fully saturated rings. The molecule has 32 heavy (non-hydrogen) atoms. The number of aryl methyl sites for hydroxylation is 2. The van der Waals surface area contributed by atoms with Crippen molar-refractivity contribution in [3.05, 3.63) is 93.0 Å². The Morgan fingerprint density at radius 2 is 1.78 bits per heavy atom. The van der Waals surface area contributed by atoms with Crippen LogP contribution in [0.3, 0.4) is 0 Å². The second kappa shape index (κ2) is 9.27. The molecule has 0 saturated heterocycles. The molecule has 1 atom stereocenters. The fraction of sp³-hybridized carbons (Fsp3) is 0.231. The maximum absolute atomic E-state index is 13.5. The molecule has 0 spiro atoms. The van der Waals surface area contributed by atoms with E-state index in [1.54, 1.807) is 23.1 Å². The molecule has 2 amide bonds. The molecule has 1 unspecified atom stereocenters. The number of aliphatic hydroxyl groups excluding tert-OH is 1. The second-order valence-electron chi connectivity index (χ2n) is 8.12. The third-order valence-corrected chi connectivity index (χ3v) is 6.34. The van der Waals surface area contributed by atoms with Gasteiger partial charge in [-0.3, -0.25) is 9.59 Å². The Morgan fingerprint density at radius 1 is 1.00 bits per heavy atom. The molecule has 0 aliphatic carbocycles. The van der Waals surface area contributed by atoms with E-state index in [4.69, 9.17) is 0 Å². The van der Waals surface area contributed by atoms with Gasteiger partial charge in [0, 0.05) is 39.1 Å². The molecule has 0 aromatic heterocycles. The highest BCUT2D eigenvalue weighted by Crippen LogP contribution is 2.36. The Hall–Kier alpha value is -2.96. The van der Waals surface area contributed by atoms with E-state index in [2.05, 4.69) is 21.2 Å². The average Bonchev–Trinajstić information content (AvgIpc) is 2.92. The summed E-state index contributed by atoms with van der Waals surface area (Å²) in [7, 11) is 0. The first-order chi connectivity index (χ1) is 15.3. The zero-order chi connectivity index (χ0) is 22.8. The summed E-state index contributed by atoms with van der Waals surface area (Å²) < 4.78 is 0.870. The average molecular weight is 493 g/mol. The highest BCUT2D eigenvalue weighted by molar-refractivity contribution is 9.10. The number of rotatable bonds is 3. The molecule has 0 bridgehead atoms. The van der Waals surface area contributed by atoms with Crippen molar-refractivity contribution in [1.29, 1.82) is 0 Å². The maximum Gasteiger partial charge on any atom is 0.258 e. The third-order valence-electron chi connectivity index (χ3n) is 5.85. The number of carbonyl (C=O) groups excluding carboxylic acids is 2. The molecule has 3 aromatic rings. The fourth-order valence-electron chi connectivity index (χ4n) is 4.12. The standard InChI is InChI=1S/C26H25BrN2O3/c1-16-6-3-4-7-20(16)25(31)28-19-10-11-21(17(2)14-19)26(32)29-13-5-8-24(30)22-15-18(27)9-12-23(22)29/h3-4,6-7,9-12,14-15,24,30H,5,8,13H2,1-2H3,(H,28,31). The molecule has 6 heteroatoms. The number of hydrogen-bond acceptors (Lipinski definition) is 3. The van der Waals surface area contributed by atoms with Gasteiger partial charge < -0.3 is 15.3 Å². The first-order valence-electron chi connectivity index (χ1n) is 10.6. The monoisotopic (exact) mass is 492 g/mol. The molecule has 0 saturated carbocycles. The largest absolute Gasteiger partial charge is 0.388 e. The van der Waals surface area contributed by atoms with Crippen molar-refractivity contribution in [3.63, 3.8) is 0 Å². The van der Waals surface area contributed by atoms with Crippen LogP contribution in [0.2, 0.25) is 0 Å². The number of benzene rings is 3. The van der Waals surface area contributed by atoms with Gasteiger partial charge >= 0.3 is 0 Å². The lowest BCUT2D eigenvalue weighted by Crippen LogP contribution is -2.32. The van der Waals surface area contributed by atoms with Gasteiger partial charge in [-0.2, -0.15) is 0 Å². The van der Waals surface area contributed by atoms with Gasteiger partial charge in [0.15, 0.2) is 0 Å². The van der Waals surface area contributed by atoms with E-state index in [9.17, 15) is 14.7 Å². The first-order valence-corrected chi connectivity index (χ1v) is 11.4. The van der Waals surface area contributed by atoms with Gasteiger partial charge in [-0.15, -0.1) is 0 Å². The SMILES string of the molecule is Cc1ccccc1C(=O)Nc1ccc(C(=O)N2CCCC(O)c3cc(Br)ccc32)c(C)c1. The molecule has 164 valence electrons. The van der Waals surface area contributed by atoms with Gasteiger partial charge in [0.05, 0.1) is 6.10 Å². The van der Waals surface area contributed by atoms with Crippen molar-refractivity contribution in [3.8, 4) is 0 Å². The quantitative estimate of drug-likeness (QED) is 0.485. The number of halogens is 1. The van der Waals surface area contributed by atoms with Crippen LogP contribution in [0.5, 0.6) is 0 Å². The zero-order valence-electron chi connectivity index (χ0n) is 18.1. The van der Waals surface area contributed by atoms with E-state index >= 15 is 0 Å². The number of carbonyl (C=O) groups is 2. The van der Waals surface area contributed by atoms with E-state index in [-0.39, 0.29) is 11.8 Å². The second-order valence-corrected chi connectivity index (χ2v) is 9.03. The minimum absolute atomic E-state index is 0.114. The Morgan fingerprint density at radius 3 is 2.53 bits per heavy atom. The van der Waals surface area contributed by atoms with Crippen LogP contribution in [-0.2, 0) is 0 Å². The fourth-order valence-corrected chi connectivity index (χ4v) is 4.50. The number of fused-ring (bicyclic) bond motifs is 1. The van der Waals surface area contributed by atoms with E-state index in [0.29, 0.717) is 36.2 Å². The topological polar surface area (TPSA) is 69.6 Å². The minimum Gasteiger partial charge on any atom is -0.388 e. The maximum atomic E-state index is 13.5. The Kier molecular flexibility index (Phi) is 6.44. The molecule has 0 radical (unpaired) electrons. The molecular weight excluding hydrogens is 468 g/mol. The predicted octanol–water partition coefficient (Wildman–Crippen LogP) is 5.79. The van der Waals surface area contributed by atoms with E-state index in [0.717, 1.165) is 26.9 Å². The van der Waals surface area contributed by atoms with Crippen LogP contribution in [0, 0.1) is 13.8 Å². The summed E-state index contributed by atoms with van der Waals surface area (Å²) in [6, 6.07) is 18.4. The van der Waals surface area contributed by atoms with Crippen molar-refractivity contribution in [1.82, 2.24) is 0 Å². The number of hydrogen-bond donors (Lipinski definition) is 2. The van der Waals surface area contributed by atoms with E-state index in [1.807, 2.05) is 56.3 Å². The number of anilines is 2. The minimum atomic E-state index is -0.597. The summed E-state index contributed by atoms with van der Waals surface area (Å²) in [6.45, 7) is 4.30. The molecule has 5 nitrogen and oxygen atoms in total. The summed E-state index contributed by atoms with van der Waals surface area (Å²) in [5.41, 5.74) is 5.01. The summed E-state index contributed by atoms with van der Waals surface area (Å²) in [5, 5.41) is 13.4. The van der Waals surface area contributed by atoms with Gasteiger partial charge in [-0.1, -0.05) is 34.1 Å². The lowest BCUT2D eigenvalue weighted by Gasteiger charge is -2.24. The highest BCUT2D eigenvalue weighted by atomic mass is 79.9. The van der Waals surface area contributed by atoms with Crippen LogP contribution in [0.1, 0.15) is 56.4 Å². The number of amides is 2. The third kappa shape index (κ3) is 4.47. The number of nitrogens with one attached hydrogen (secondary N) is 1. The lowest BCUT2D eigenvalue weighted by molar-refractivity contribution is 0.0985. The normalized spacial score (nSPS) is 15.6. The molecular formula is C26H25BrN2O3. The van der Waals surface area contributed by atoms with Crippen molar-refractivity contribution in [2.75, 3.05) is 16.8 Å². The van der Waals surface area contributed by atoms with Gasteiger partial charge in [0.25, 0.3) is 11.8 Å². The predicted molar refractivity (Wildman–Crippen MR) is 130 cm³/mol. The van der Waals surface area contributed by atoms with Crippen LogP contribution in [-0.4, -0.2) is 23.5 Å². The summed E-state index contributed by atoms with van der Waals surface area (Å²) in [6.07, 6.45) is 0.722. The van der Waals surface area contributed by atoms with Crippen molar-refractivity contribution < 1.29 is 14.7 Å². The van der Waals surface area contributed by atoms with Crippen molar-refractivity contribution in [2.24, 2.45) is 0 Å². The lowest BCUT2D eigenvalue weighted by atomic mass is 10.0. The number of aliphatic hydroxyl groups is 1. The molecule has 1 heterocycles. The molecule has 4 rings (SSSR count). The Labute approximate surface area is 196 Å². The summed E-state index contributed by atoms with van der Waals surface area (Å²) in [4.78, 5) is 27.8. The van der Waals surface area contributed by atoms with Crippen LogP contribution in [0.25, 0.3) is 0 Å². The number of nitrogens with zero attached hydrogens (tertiary/aromatic N) is 1. The van der Waals surface area contributed by atoms with Crippen LogP contribution in [0.15, 0.2) is 65.1 Å². The van der Waals surface area contributed by atoms with E-state index < -0.39 is 6.10 Å². The van der Waals surface area contributed by atoms with Gasteiger partial charge in [-0.25, -0.2) is 0 Å². The molecule has 1 aliphatic rings. The summed E-state index contributed by atoms with van der Waals surface area (Å²) >= 11 is 3.46. The Balaban J connectivity index is 1.60. The summed E-state index contributed by atoms with van der Waals surface area (Å²) in [5.74, 6) is -0.292. The smallest absolute Gasteiger partial charge is 0.258 e. The molecule has 2 N–H and O–H groups in total. The zero-order valence-corrected chi connectivity index (χ0v) is 19.6. The van der Waals surface area contributed by atoms with Gasteiger partial charge in [0.1, 0.15) is 0 Å². The Bertz CT molecular complexity index is 1190. The molecule has 1 aliphatic heterocycles. The van der Waals surface area contributed by atoms with E-state index in [1.165, 1.54) is 0 Å². The van der Waals surface area contributed by atoms with Crippen LogP contribution in [0.4, 0.5) is 11.4 Å². The van der Waals surface area contributed by atoms with Crippen molar-refractivity contribution >= 4 is 39.1 Å². The first kappa shape index (κ1) is 22.2. The highest BCUT2D eigenvalue weighted by Gasteiger charge is 2.27.